The zero-order valence-electron chi connectivity index (χ0n) is 18.0. The van der Waals surface area contributed by atoms with Crippen LogP contribution >= 0.6 is 0 Å². The number of ether oxygens (including phenoxy) is 1. The number of amides is 1. The second-order valence-corrected chi connectivity index (χ2v) is 7.75. The van der Waals surface area contributed by atoms with Crippen molar-refractivity contribution in [1.29, 1.82) is 0 Å². The van der Waals surface area contributed by atoms with E-state index in [2.05, 4.69) is 5.10 Å². The predicted molar refractivity (Wildman–Crippen MR) is 115 cm³/mol. The van der Waals surface area contributed by atoms with Crippen molar-refractivity contribution >= 4 is 23.4 Å². The summed E-state index contributed by atoms with van der Waals surface area (Å²) < 4.78 is 5.14. The average molecular weight is 406 g/mol. The van der Waals surface area contributed by atoms with Crippen LogP contribution in [0.3, 0.4) is 0 Å². The summed E-state index contributed by atoms with van der Waals surface area (Å²) in [4.78, 5) is 38.8. The minimum absolute atomic E-state index is 0.0290. The van der Waals surface area contributed by atoms with E-state index in [0.29, 0.717) is 11.1 Å². The lowest BCUT2D eigenvalue weighted by Gasteiger charge is -2.20. The highest BCUT2D eigenvalue weighted by molar-refractivity contribution is 6.47. The lowest BCUT2D eigenvalue weighted by molar-refractivity contribution is -0.147. The van der Waals surface area contributed by atoms with Gasteiger partial charge < -0.3 is 4.74 Å². The number of aryl methyl sites for hydroxylation is 4. The van der Waals surface area contributed by atoms with Gasteiger partial charge in [-0.1, -0.05) is 34.4 Å². The van der Waals surface area contributed by atoms with Crippen molar-refractivity contribution in [3.05, 3.63) is 69.8 Å². The Hall–Kier alpha value is -3.28. The van der Waals surface area contributed by atoms with Gasteiger partial charge in [0.2, 0.25) is 5.78 Å². The number of ketones is 1. The summed E-state index contributed by atoms with van der Waals surface area (Å²) in [6.45, 7) is 9.51. The molecule has 0 N–H and O–H groups in total. The Balaban J connectivity index is 1.98. The minimum atomic E-state index is -0.955. The number of Topliss-reactive ketones (excluding diaryl/α,β-unsaturated/α-hetero) is 1. The van der Waals surface area contributed by atoms with E-state index in [1.54, 1.807) is 31.2 Å². The molecule has 2 aromatic rings. The highest BCUT2D eigenvalue weighted by atomic mass is 16.5. The molecule has 2 aromatic carbocycles. The van der Waals surface area contributed by atoms with Gasteiger partial charge in [-0.2, -0.15) is 5.10 Å². The van der Waals surface area contributed by atoms with Crippen LogP contribution in [0, 0.1) is 27.7 Å². The van der Waals surface area contributed by atoms with E-state index in [9.17, 15) is 14.4 Å². The first kappa shape index (κ1) is 21.4. The maximum absolute atomic E-state index is 13.2. The molecule has 30 heavy (non-hydrogen) atoms. The fourth-order valence-corrected chi connectivity index (χ4v) is 3.76. The summed E-state index contributed by atoms with van der Waals surface area (Å²) in [6, 6.07) is 10.0. The Labute approximate surface area is 176 Å². The third kappa shape index (κ3) is 4.48. The van der Waals surface area contributed by atoms with E-state index >= 15 is 0 Å². The van der Waals surface area contributed by atoms with Crippen molar-refractivity contribution in [1.82, 2.24) is 5.01 Å². The second kappa shape index (κ2) is 8.61. The number of hydrogen-bond acceptors (Lipinski definition) is 5. The van der Waals surface area contributed by atoms with Crippen LogP contribution in [0.1, 0.15) is 56.3 Å². The SMILES string of the molecule is CCOC(=O)C1CC(C(=O)c2cc(C)cc(C)c2)=NN1C(=O)c1cc(C)cc(C)c1. The number of esters is 1. The molecule has 156 valence electrons. The number of benzene rings is 2. The van der Waals surface area contributed by atoms with Gasteiger partial charge in [-0.15, -0.1) is 0 Å². The molecule has 0 bridgehead atoms. The Morgan fingerprint density at radius 3 is 1.90 bits per heavy atom. The molecule has 0 spiro atoms. The molecule has 0 saturated carbocycles. The molecule has 3 rings (SSSR count). The fourth-order valence-electron chi connectivity index (χ4n) is 3.76. The summed E-state index contributed by atoms with van der Waals surface area (Å²) in [5.41, 5.74) is 4.88. The highest BCUT2D eigenvalue weighted by Gasteiger charge is 2.40. The van der Waals surface area contributed by atoms with Crippen LogP contribution in [0.5, 0.6) is 0 Å². The molecule has 0 aromatic heterocycles. The Morgan fingerprint density at radius 1 is 0.900 bits per heavy atom. The zero-order valence-corrected chi connectivity index (χ0v) is 18.0. The van der Waals surface area contributed by atoms with Crippen molar-refractivity contribution in [3.8, 4) is 0 Å². The van der Waals surface area contributed by atoms with Gasteiger partial charge in [0.1, 0.15) is 5.71 Å². The molecule has 1 unspecified atom stereocenters. The molecule has 1 heterocycles. The van der Waals surface area contributed by atoms with Gasteiger partial charge in [-0.05, 0) is 58.9 Å². The molecule has 6 heteroatoms. The first-order valence-electron chi connectivity index (χ1n) is 9.98. The van der Waals surface area contributed by atoms with Crippen LogP contribution < -0.4 is 0 Å². The summed E-state index contributed by atoms with van der Waals surface area (Å²) in [6.07, 6.45) is 0.0290. The van der Waals surface area contributed by atoms with Crippen LogP contribution in [0.25, 0.3) is 0 Å². The number of hydrogen-bond donors (Lipinski definition) is 0. The van der Waals surface area contributed by atoms with E-state index in [-0.39, 0.29) is 24.5 Å². The average Bonchev–Trinajstić information content (AvgIpc) is 3.11. The van der Waals surface area contributed by atoms with E-state index < -0.39 is 17.9 Å². The van der Waals surface area contributed by atoms with Crippen LogP contribution in [-0.2, 0) is 9.53 Å². The lowest BCUT2D eigenvalue weighted by atomic mass is 9.99. The van der Waals surface area contributed by atoms with Crippen molar-refractivity contribution < 1.29 is 19.1 Å². The normalized spacial score (nSPS) is 15.7. The number of nitrogens with zero attached hydrogens (tertiary/aromatic N) is 2. The van der Waals surface area contributed by atoms with Crippen molar-refractivity contribution in [2.24, 2.45) is 5.10 Å². The van der Waals surface area contributed by atoms with E-state index in [4.69, 9.17) is 4.74 Å². The quantitative estimate of drug-likeness (QED) is 0.557. The molecule has 0 aliphatic carbocycles. The Bertz CT molecular complexity index is 1010. The number of rotatable bonds is 5. The molecule has 0 radical (unpaired) electrons. The van der Waals surface area contributed by atoms with Gasteiger partial charge in [0.05, 0.1) is 6.61 Å². The van der Waals surface area contributed by atoms with E-state index in [1.165, 1.54) is 0 Å². The van der Waals surface area contributed by atoms with Gasteiger partial charge in [-0.3, -0.25) is 9.59 Å². The monoisotopic (exact) mass is 406 g/mol. The van der Waals surface area contributed by atoms with Crippen LogP contribution in [0.4, 0.5) is 0 Å². The maximum Gasteiger partial charge on any atom is 0.331 e. The second-order valence-electron chi connectivity index (χ2n) is 7.75. The highest BCUT2D eigenvalue weighted by Crippen LogP contribution is 2.24. The summed E-state index contributed by atoms with van der Waals surface area (Å²) >= 11 is 0. The number of carbonyl (C=O) groups excluding carboxylic acids is 3. The van der Waals surface area contributed by atoms with Crippen LogP contribution in [-0.4, -0.2) is 41.0 Å². The largest absolute Gasteiger partial charge is 0.464 e. The molecule has 0 saturated heterocycles. The topological polar surface area (TPSA) is 76.0 Å². The smallest absolute Gasteiger partial charge is 0.331 e. The van der Waals surface area contributed by atoms with Gasteiger partial charge in [-0.25, -0.2) is 9.80 Å². The van der Waals surface area contributed by atoms with Gasteiger partial charge in [0.15, 0.2) is 6.04 Å². The first-order chi connectivity index (χ1) is 14.2. The summed E-state index contributed by atoms with van der Waals surface area (Å²) in [7, 11) is 0. The molecule has 1 aliphatic heterocycles. The van der Waals surface area contributed by atoms with Crippen LogP contribution in [0.2, 0.25) is 0 Å². The number of carbonyl (C=O) groups is 3. The maximum atomic E-state index is 13.2. The fraction of sp³-hybridized carbons (Fsp3) is 0.333. The zero-order chi connectivity index (χ0) is 22.0. The lowest BCUT2D eigenvalue weighted by Crippen LogP contribution is -2.39. The van der Waals surface area contributed by atoms with Crippen LogP contribution in [0.15, 0.2) is 41.5 Å². The third-order valence-electron chi connectivity index (χ3n) is 4.89. The number of hydrazone groups is 1. The third-order valence-corrected chi connectivity index (χ3v) is 4.89. The summed E-state index contributed by atoms with van der Waals surface area (Å²) in [5.74, 6) is -1.28. The minimum Gasteiger partial charge on any atom is -0.464 e. The standard InChI is InChI=1S/C24H26N2O4/c1-6-30-24(29)21-13-20(22(27)18-9-14(2)7-15(3)10-18)25-26(21)23(28)19-11-16(4)8-17(5)12-19/h7-12,21H,6,13H2,1-5H3. The van der Waals surface area contributed by atoms with E-state index in [0.717, 1.165) is 27.3 Å². The molecule has 1 atom stereocenters. The van der Waals surface area contributed by atoms with Gasteiger partial charge in [0.25, 0.3) is 5.91 Å². The van der Waals surface area contributed by atoms with Crippen molar-refractivity contribution in [2.45, 2.75) is 47.1 Å². The van der Waals surface area contributed by atoms with E-state index in [1.807, 2.05) is 39.8 Å². The summed E-state index contributed by atoms with van der Waals surface area (Å²) in [5, 5.41) is 5.39. The van der Waals surface area contributed by atoms with Crippen molar-refractivity contribution in [3.63, 3.8) is 0 Å². The predicted octanol–water partition coefficient (Wildman–Crippen LogP) is 3.94. The molecule has 1 aliphatic rings. The molecule has 6 nitrogen and oxygen atoms in total. The van der Waals surface area contributed by atoms with Crippen molar-refractivity contribution in [2.75, 3.05) is 6.61 Å². The van der Waals surface area contributed by atoms with Gasteiger partial charge in [0, 0.05) is 17.5 Å². The molecular weight excluding hydrogens is 380 g/mol. The molecule has 0 fully saturated rings. The Morgan fingerprint density at radius 2 is 1.40 bits per heavy atom. The van der Waals surface area contributed by atoms with Gasteiger partial charge >= 0.3 is 5.97 Å². The first-order valence-corrected chi connectivity index (χ1v) is 9.98. The molecule has 1 amide bonds. The Kier molecular flexibility index (Phi) is 6.15. The molecular formula is C24H26N2O4.